The minimum absolute atomic E-state index is 0.0503. The van der Waals surface area contributed by atoms with Crippen molar-refractivity contribution in [2.75, 3.05) is 39.8 Å². The van der Waals surface area contributed by atoms with E-state index in [2.05, 4.69) is 16.8 Å². The molecule has 2 rings (SSSR count). The number of likely N-dealkylation sites (N-methyl/N-ethyl adjacent to an activating group) is 1. The maximum absolute atomic E-state index is 12.6. The van der Waals surface area contributed by atoms with E-state index < -0.39 is 0 Å². The van der Waals surface area contributed by atoms with Crippen molar-refractivity contribution in [2.24, 2.45) is 5.92 Å². The Bertz CT molecular complexity index is 464. The van der Waals surface area contributed by atoms with Gasteiger partial charge in [0.05, 0.1) is 5.92 Å². The van der Waals surface area contributed by atoms with E-state index >= 15 is 0 Å². The van der Waals surface area contributed by atoms with Crippen molar-refractivity contribution in [1.82, 2.24) is 9.80 Å². The molecule has 1 heterocycles. The Labute approximate surface area is 132 Å². The number of rotatable bonds is 5. The number of halogens is 1. The minimum atomic E-state index is -0.0503. The number of ketones is 1. The molecular formula is C17H25ClN2O. The molecule has 0 aliphatic carbocycles. The number of carbonyl (C=O) groups is 1. The van der Waals surface area contributed by atoms with E-state index in [9.17, 15) is 4.79 Å². The van der Waals surface area contributed by atoms with Crippen molar-refractivity contribution in [3.8, 4) is 0 Å². The van der Waals surface area contributed by atoms with Crippen LogP contribution in [0, 0.1) is 5.92 Å². The summed E-state index contributed by atoms with van der Waals surface area (Å²) >= 11 is 5.97. The molecule has 0 spiro atoms. The minimum Gasteiger partial charge on any atom is -0.304 e. The Morgan fingerprint density at radius 1 is 1.14 bits per heavy atom. The Morgan fingerprint density at radius 3 is 2.24 bits per heavy atom. The molecule has 3 nitrogen and oxygen atoms in total. The predicted octanol–water partition coefficient (Wildman–Crippen LogP) is 2.90. The zero-order valence-electron chi connectivity index (χ0n) is 13.2. The third-order valence-corrected chi connectivity index (χ3v) is 4.47. The standard InChI is InChI=1S/C17H25ClN2O/c1-13(2)17(21)16(14-4-6-15(18)7-5-14)12-20-10-8-19(3)9-11-20/h4-7,13,16H,8-12H2,1-3H3/t16-/m0/s1. The highest BCUT2D eigenvalue weighted by Crippen LogP contribution is 2.24. The van der Waals surface area contributed by atoms with E-state index in [4.69, 9.17) is 11.6 Å². The fourth-order valence-electron chi connectivity index (χ4n) is 2.75. The lowest BCUT2D eigenvalue weighted by atomic mass is 9.88. The SMILES string of the molecule is CC(C)C(=O)[C@@H](CN1CCN(C)CC1)c1ccc(Cl)cc1. The van der Waals surface area contributed by atoms with Crippen LogP contribution in [0.4, 0.5) is 0 Å². The Morgan fingerprint density at radius 2 is 1.71 bits per heavy atom. The van der Waals surface area contributed by atoms with Crippen molar-refractivity contribution in [3.63, 3.8) is 0 Å². The summed E-state index contributed by atoms with van der Waals surface area (Å²) in [6.45, 7) is 8.99. The van der Waals surface area contributed by atoms with Gasteiger partial charge >= 0.3 is 0 Å². The molecule has 21 heavy (non-hydrogen) atoms. The van der Waals surface area contributed by atoms with E-state index in [1.165, 1.54) is 0 Å². The first kappa shape index (κ1) is 16.5. The summed E-state index contributed by atoms with van der Waals surface area (Å²) in [6.07, 6.45) is 0. The topological polar surface area (TPSA) is 23.6 Å². The van der Waals surface area contributed by atoms with Crippen LogP contribution >= 0.6 is 11.6 Å². The monoisotopic (exact) mass is 308 g/mol. The molecule has 1 aromatic carbocycles. The fraction of sp³-hybridized carbons (Fsp3) is 0.588. The molecule has 0 aromatic heterocycles. The summed E-state index contributed by atoms with van der Waals surface area (Å²) in [4.78, 5) is 17.3. The second-order valence-corrected chi connectivity index (χ2v) is 6.70. The number of hydrogen-bond acceptors (Lipinski definition) is 3. The fourth-order valence-corrected chi connectivity index (χ4v) is 2.87. The molecule has 0 N–H and O–H groups in total. The van der Waals surface area contributed by atoms with Gasteiger partial charge in [0, 0.05) is 43.7 Å². The first-order valence-electron chi connectivity index (χ1n) is 7.67. The van der Waals surface area contributed by atoms with Crippen LogP contribution in [0.3, 0.4) is 0 Å². The molecule has 1 aliphatic heterocycles. The molecule has 0 saturated carbocycles. The first-order chi connectivity index (χ1) is 9.97. The van der Waals surface area contributed by atoms with Crippen molar-refractivity contribution in [1.29, 1.82) is 0 Å². The van der Waals surface area contributed by atoms with Gasteiger partial charge in [0.15, 0.2) is 0 Å². The lowest BCUT2D eigenvalue weighted by molar-refractivity contribution is -0.123. The zero-order chi connectivity index (χ0) is 15.4. The Balaban J connectivity index is 2.12. The van der Waals surface area contributed by atoms with Crippen molar-refractivity contribution >= 4 is 17.4 Å². The second-order valence-electron chi connectivity index (χ2n) is 6.27. The Hall–Kier alpha value is -0.900. The molecule has 116 valence electrons. The first-order valence-corrected chi connectivity index (χ1v) is 8.05. The van der Waals surface area contributed by atoms with Gasteiger partial charge in [0.2, 0.25) is 0 Å². The summed E-state index contributed by atoms with van der Waals surface area (Å²) < 4.78 is 0. The van der Waals surface area contributed by atoms with Crippen LogP contribution in [0.2, 0.25) is 5.02 Å². The second kappa shape index (κ2) is 7.39. The van der Waals surface area contributed by atoms with Gasteiger partial charge in [0.25, 0.3) is 0 Å². The number of hydrogen-bond donors (Lipinski definition) is 0. The number of nitrogens with zero attached hydrogens (tertiary/aromatic N) is 2. The highest BCUT2D eigenvalue weighted by Gasteiger charge is 2.26. The van der Waals surface area contributed by atoms with E-state index in [0.717, 1.165) is 38.3 Å². The van der Waals surface area contributed by atoms with Crippen LogP contribution < -0.4 is 0 Å². The van der Waals surface area contributed by atoms with Crippen LogP contribution in [-0.4, -0.2) is 55.4 Å². The molecule has 0 bridgehead atoms. The largest absolute Gasteiger partial charge is 0.304 e. The molecule has 4 heteroatoms. The molecule has 1 atom stereocenters. The van der Waals surface area contributed by atoms with Crippen molar-refractivity contribution in [3.05, 3.63) is 34.9 Å². The zero-order valence-corrected chi connectivity index (χ0v) is 13.9. The lowest BCUT2D eigenvalue weighted by Crippen LogP contribution is -2.46. The van der Waals surface area contributed by atoms with E-state index in [-0.39, 0.29) is 11.8 Å². The molecule has 1 saturated heterocycles. The number of Topliss-reactive ketones (excluding diaryl/α,β-unsaturated/α-hetero) is 1. The third-order valence-electron chi connectivity index (χ3n) is 4.22. The van der Waals surface area contributed by atoms with Crippen LogP contribution in [0.15, 0.2) is 24.3 Å². The van der Waals surface area contributed by atoms with E-state index in [0.29, 0.717) is 10.8 Å². The summed E-state index contributed by atoms with van der Waals surface area (Å²) in [6, 6.07) is 7.73. The van der Waals surface area contributed by atoms with Gasteiger partial charge < -0.3 is 4.90 Å². The smallest absolute Gasteiger partial charge is 0.144 e. The summed E-state index contributed by atoms with van der Waals surface area (Å²) in [7, 11) is 2.15. The van der Waals surface area contributed by atoms with Gasteiger partial charge in [-0.15, -0.1) is 0 Å². The summed E-state index contributed by atoms with van der Waals surface area (Å²) in [5.74, 6) is 0.320. The van der Waals surface area contributed by atoms with Gasteiger partial charge in [-0.25, -0.2) is 0 Å². The highest BCUT2D eigenvalue weighted by molar-refractivity contribution is 6.30. The number of carbonyl (C=O) groups excluding carboxylic acids is 1. The molecule has 1 aliphatic rings. The van der Waals surface area contributed by atoms with Crippen LogP contribution in [-0.2, 0) is 4.79 Å². The number of benzene rings is 1. The van der Waals surface area contributed by atoms with E-state index in [1.807, 2.05) is 38.1 Å². The maximum Gasteiger partial charge on any atom is 0.144 e. The Kier molecular flexibility index (Phi) is 5.80. The molecule has 1 fully saturated rings. The summed E-state index contributed by atoms with van der Waals surface area (Å²) in [5, 5.41) is 0.717. The average molecular weight is 309 g/mol. The maximum atomic E-state index is 12.6. The lowest BCUT2D eigenvalue weighted by Gasteiger charge is -2.34. The van der Waals surface area contributed by atoms with E-state index in [1.54, 1.807) is 0 Å². The van der Waals surface area contributed by atoms with Crippen molar-refractivity contribution in [2.45, 2.75) is 19.8 Å². The van der Waals surface area contributed by atoms with Gasteiger partial charge in [-0.3, -0.25) is 9.69 Å². The van der Waals surface area contributed by atoms with Gasteiger partial charge in [-0.05, 0) is 24.7 Å². The molecular weight excluding hydrogens is 284 g/mol. The third kappa shape index (κ3) is 4.53. The molecule has 1 aromatic rings. The average Bonchev–Trinajstić information content (AvgIpc) is 2.47. The molecule has 0 unspecified atom stereocenters. The normalized spacial score (nSPS) is 18.9. The molecule has 0 amide bonds. The predicted molar refractivity (Wildman–Crippen MR) is 88.0 cm³/mol. The van der Waals surface area contributed by atoms with Crippen molar-refractivity contribution < 1.29 is 4.79 Å². The van der Waals surface area contributed by atoms with Crippen LogP contribution in [0.1, 0.15) is 25.3 Å². The van der Waals surface area contributed by atoms with Gasteiger partial charge in [0.1, 0.15) is 5.78 Å². The summed E-state index contributed by atoms with van der Waals surface area (Å²) in [5.41, 5.74) is 1.08. The van der Waals surface area contributed by atoms with Gasteiger partial charge in [-0.2, -0.15) is 0 Å². The van der Waals surface area contributed by atoms with Crippen LogP contribution in [0.25, 0.3) is 0 Å². The quantitative estimate of drug-likeness (QED) is 0.835. The number of piperazine rings is 1. The highest BCUT2D eigenvalue weighted by atomic mass is 35.5. The van der Waals surface area contributed by atoms with Crippen LogP contribution in [0.5, 0.6) is 0 Å². The molecule has 0 radical (unpaired) electrons. The van der Waals surface area contributed by atoms with Gasteiger partial charge in [-0.1, -0.05) is 37.6 Å².